The number of aliphatic hydroxyl groups is 1. The van der Waals surface area contributed by atoms with E-state index in [0.717, 1.165) is 15.6 Å². The van der Waals surface area contributed by atoms with E-state index in [4.69, 9.17) is 10.8 Å². The van der Waals surface area contributed by atoms with Gasteiger partial charge in [-0.2, -0.15) is 0 Å². The second-order valence-electron chi connectivity index (χ2n) is 2.79. The van der Waals surface area contributed by atoms with Gasteiger partial charge in [0.15, 0.2) is 0 Å². The van der Waals surface area contributed by atoms with E-state index in [0.29, 0.717) is 0 Å². The summed E-state index contributed by atoms with van der Waals surface area (Å²) in [4.78, 5) is 0. The van der Waals surface area contributed by atoms with Crippen LogP contribution in [0.5, 0.6) is 0 Å². The third kappa shape index (κ3) is 2.06. The van der Waals surface area contributed by atoms with E-state index in [2.05, 4.69) is 15.9 Å². The largest absolute Gasteiger partial charge is 0.394 e. The maximum absolute atomic E-state index is 8.85. The lowest BCUT2D eigenvalue weighted by Gasteiger charge is -2.11. The van der Waals surface area contributed by atoms with Gasteiger partial charge in [-0.15, -0.1) is 0 Å². The molecule has 2 nitrogen and oxygen atoms in total. The highest BCUT2D eigenvalue weighted by atomic mass is 79.9. The average Bonchev–Trinajstić information content (AvgIpc) is 2.03. The molecule has 0 amide bonds. The highest BCUT2D eigenvalue weighted by molar-refractivity contribution is 9.10. The van der Waals surface area contributed by atoms with Crippen LogP contribution >= 0.6 is 15.9 Å². The lowest BCUT2D eigenvalue weighted by atomic mass is 10.0. The number of hydrogen-bond acceptors (Lipinski definition) is 2. The topological polar surface area (TPSA) is 46.2 Å². The predicted octanol–water partition coefficient (Wildman–Crippen LogP) is 1.75. The zero-order chi connectivity index (χ0) is 9.14. The Kier molecular flexibility index (Phi) is 3.26. The fraction of sp³-hybridized carbons (Fsp3) is 0.333. The molecule has 0 aliphatic heterocycles. The first-order valence-corrected chi connectivity index (χ1v) is 4.57. The second kappa shape index (κ2) is 4.03. The van der Waals surface area contributed by atoms with Crippen molar-refractivity contribution in [1.29, 1.82) is 0 Å². The predicted molar refractivity (Wildman–Crippen MR) is 52.9 cm³/mol. The molecule has 3 heteroatoms. The number of hydrogen-bond donors (Lipinski definition) is 2. The summed E-state index contributed by atoms with van der Waals surface area (Å²) >= 11 is 3.36. The van der Waals surface area contributed by atoms with Gasteiger partial charge in [0, 0.05) is 4.47 Å². The molecule has 0 spiro atoms. The maximum Gasteiger partial charge on any atom is 0.0624 e. The summed E-state index contributed by atoms with van der Waals surface area (Å²) in [5.74, 6) is 0. The quantitative estimate of drug-likeness (QED) is 0.812. The Hall–Kier alpha value is -0.380. The van der Waals surface area contributed by atoms with Gasteiger partial charge in [0.25, 0.3) is 0 Å². The van der Waals surface area contributed by atoms with Crippen molar-refractivity contribution in [2.24, 2.45) is 5.73 Å². The van der Waals surface area contributed by atoms with E-state index in [-0.39, 0.29) is 12.6 Å². The first kappa shape index (κ1) is 9.71. The van der Waals surface area contributed by atoms with Crippen molar-refractivity contribution in [3.8, 4) is 0 Å². The van der Waals surface area contributed by atoms with Crippen molar-refractivity contribution in [1.82, 2.24) is 0 Å². The van der Waals surface area contributed by atoms with Crippen molar-refractivity contribution >= 4 is 15.9 Å². The number of benzene rings is 1. The van der Waals surface area contributed by atoms with Crippen LogP contribution in [0, 0.1) is 6.92 Å². The summed E-state index contributed by atoms with van der Waals surface area (Å²) in [6.07, 6.45) is 0. The minimum Gasteiger partial charge on any atom is -0.394 e. The third-order valence-electron chi connectivity index (χ3n) is 1.83. The molecule has 1 rings (SSSR count). The molecule has 1 aromatic carbocycles. The molecule has 0 bridgehead atoms. The van der Waals surface area contributed by atoms with Gasteiger partial charge in [0.05, 0.1) is 12.6 Å². The summed E-state index contributed by atoms with van der Waals surface area (Å²) in [6.45, 7) is 1.97. The van der Waals surface area contributed by atoms with Crippen LogP contribution in [0.15, 0.2) is 22.7 Å². The van der Waals surface area contributed by atoms with Crippen molar-refractivity contribution in [3.63, 3.8) is 0 Å². The van der Waals surface area contributed by atoms with Crippen LogP contribution in [-0.2, 0) is 0 Å². The fourth-order valence-electron chi connectivity index (χ4n) is 1.15. The summed E-state index contributed by atoms with van der Waals surface area (Å²) in [7, 11) is 0. The van der Waals surface area contributed by atoms with E-state index in [1.807, 2.05) is 25.1 Å². The van der Waals surface area contributed by atoms with Gasteiger partial charge in [-0.1, -0.05) is 22.0 Å². The van der Waals surface area contributed by atoms with Crippen LogP contribution in [0.25, 0.3) is 0 Å². The molecule has 1 unspecified atom stereocenters. The van der Waals surface area contributed by atoms with E-state index >= 15 is 0 Å². The molecule has 0 aliphatic rings. The Labute approximate surface area is 80.5 Å². The molecule has 0 radical (unpaired) electrons. The van der Waals surface area contributed by atoms with Crippen LogP contribution in [0.4, 0.5) is 0 Å². The van der Waals surface area contributed by atoms with Gasteiger partial charge in [-0.05, 0) is 30.2 Å². The molecular formula is C9H12BrNO. The smallest absolute Gasteiger partial charge is 0.0624 e. The van der Waals surface area contributed by atoms with Crippen molar-refractivity contribution in [3.05, 3.63) is 33.8 Å². The molecule has 0 saturated heterocycles. The lowest BCUT2D eigenvalue weighted by molar-refractivity contribution is 0.267. The van der Waals surface area contributed by atoms with E-state index in [9.17, 15) is 0 Å². The summed E-state index contributed by atoms with van der Waals surface area (Å²) in [6, 6.07) is 5.58. The van der Waals surface area contributed by atoms with Gasteiger partial charge < -0.3 is 10.8 Å². The number of aliphatic hydroxyl groups excluding tert-OH is 1. The zero-order valence-electron chi connectivity index (χ0n) is 6.92. The summed E-state index contributed by atoms with van der Waals surface area (Å²) in [5, 5.41) is 8.85. The SMILES string of the molecule is Cc1cc(Br)ccc1C(N)CO. The first-order valence-electron chi connectivity index (χ1n) is 3.77. The Balaban J connectivity index is 3.01. The molecule has 1 atom stereocenters. The minimum absolute atomic E-state index is 0.0114. The standard InChI is InChI=1S/C9H12BrNO/c1-6-4-7(10)2-3-8(6)9(11)5-12/h2-4,9,12H,5,11H2,1H3. The molecular weight excluding hydrogens is 218 g/mol. The number of nitrogens with two attached hydrogens (primary N) is 1. The molecule has 12 heavy (non-hydrogen) atoms. The molecule has 0 heterocycles. The minimum atomic E-state index is -0.266. The normalized spacial score (nSPS) is 13.0. The monoisotopic (exact) mass is 229 g/mol. The van der Waals surface area contributed by atoms with Gasteiger partial charge in [-0.25, -0.2) is 0 Å². The molecule has 66 valence electrons. The molecule has 0 aromatic heterocycles. The number of rotatable bonds is 2. The van der Waals surface area contributed by atoms with Crippen LogP contribution in [0.2, 0.25) is 0 Å². The lowest BCUT2D eigenvalue weighted by Crippen LogP contribution is -2.15. The summed E-state index contributed by atoms with van der Waals surface area (Å²) < 4.78 is 1.04. The summed E-state index contributed by atoms with van der Waals surface area (Å²) in [5.41, 5.74) is 7.78. The van der Waals surface area contributed by atoms with Crippen LogP contribution in [-0.4, -0.2) is 11.7 Å². The Morgan fingerprint density at radius 1 is 1.58 bits per heavy atom. The van der Waals surface area contributed by atoms with Crippen LogP contribution < -0.4 is 5.73 Å². The zero-order valence-corrected chi connectivity index (χ0v) is 8.51. The van der Waals surface area contributed by atoms with Crippen molar-refractivity contribution in [2.75, 3.05) is 6.61 Å². The number of aryl methyl sites for hydroxylation is 1. The van der Waals surface area contributed by atoms with Gasteiger partial charge in [0.1, 0.15) is 0 Å². The van der Waals surface area contributed by atoms with Crippen molar-refractivity contribution < 1.29 is 5.11 Å². The van der Waals surface area contributed by atoms with Gasteiger partial charge in [-0.3, -0.25) is 0 Å². The maximum atomic E-state index is 8.85. The van der Waals surface area contributed by atoms with Crippen LogP contribution in [0.1, 0.15) is 17.2 Å². The Bertz CT molecular complexity index is 275. The Morgan fingerprint density at radius 2 is 2.25 bits per heavy atom. The molecule has 0 saturated carbocycles. The van der Waals surface area contributed by atoms with Gasteiger partial charge in [0.2, 0.25) is 0 Å². The second-order valence-corrected chi connectivity index (χ2v) is 3.71. The molecule has 1 aromatic rings. The molecule has 3 N–H and O–H groups in total. The van der Waals surface area contributed by atoms with Gasteiger partial charge >= 0.3 is 0 Å². The van der Waals surface area contributed by atoms with E-state index in [1.165, 1.54) is 0 Å². The molecule has 0 fully saturated rings. The van der Waals surface area contributed by atoms with Crippen molar-refractivity contribution in [2.45, 2.75) is 13.0 Å². The van der Waals surface area contributed by atoms with E-state index < -0.39 is 0 Å². The third-order valence-corrected chi connectivity index (χ3v) is 2.32. The highest BCUT2D eigenvalue weighted by Gasteiger charge is 2.06. The average molecular weight is 230 g/mol. The Morgan fingerprint density at radius 3 is 2.75 bits per heavy atom. The fourth-order valence-corrected chi connectivity index (χ4v) is 1.63. The molecule has 0 aliphatic carbocycles. The highest BCUT2D eigenvalue weighted by Crippen LogP contribution is 2.19. The first-order chi connectivity index (χ1) is 5.65. The number of halogens is 1. The van der Waals surface area contributed by atoms with E-state index in [1.54, 1.807) is 0 Å². The van der Waals surface area contributed by atoms with Crippen LogP contribution in [0.3, 0.4) is 0 Å².